The third-order valence-corrected chi connectivity index (χ3v) is 7.17. The number of thiophene rings is 1. The van der Waals surface area contributed by atoms with E-state index in [9.17, 15) is 33.8 Å². The first-order valence-corrected chi connectivity index (χ1v) is 11.6. The topological polar surface area (TPSA) is 163 Å². The smallest absolute Gasteiger partial charge is 0.346 e. The SMILES string of the molecule is COc1ccc(F)cc1C(Cn1c(=O)n(C(C)(C)C(N)=O)c(=O)c2c(C)c(C(=O)O)sc21)OCCO. The summed E-state index contributed by atoms with van der Waals surface area (Å²) in [6, 6.07) is 3.69. The summed E-state index contributed by atoms with van der Waals surface area (Å²) in [6.07, 6.45) is -1.07. The highest BCUT2D eigenvalue weighted by Gasteiger charge is 2.35. The fourth-order valence-electron chi connectivity index (χ4n) is 3.87. The summed E-state index contributed by atoms with van der Waals surface area (Å²) in [5.74, 6) is -2.63. The molecule has 1 unspecified atom stereocenters. The Morgan fingerprint density at radius 1 is 1.28 bits per heavy atom. The Hall–Kier alpha value is -3.55. The molecule has 13 heteroatoms. The van der Waals surface area contributed by atoms with Crippen molar-refractivity contribution in [3.8, 4) is 5.75 Å². The number of amides is 1. The number of fused-ring (bicyclic) bond motifs is 1. The highest BCUT2D eigenvalue weighted by Crippen LogP contribution is 2.33. The zero-order valence-corrected chi connectivity index (χ0v) is 20.8. The molecule has 0 aliphatic rings. The second-order valence-electron chi connectivity index (χ2n) is 8.47. The number of methoxy groups -OCH3 is 1. The number of carboxylic acids is 1. The molecular formula is C23H26FN3O8S. The summed E-state index contributed by atoms with van der Waals surface area (Å²) in [5, 5.41) is 18.9. The Morgan fingerprint density at radius 2 is 1.94 bits per heavy atom. The number of aliphatic hydroxyl groups excluding tert-OH is 1. The van der Waals surface area contributed by atoms with Crippen molar-refractivity contribution in [1.29, 1.82) is 0 Å². The van der Waals surface area contributed by atoms with Crippen LogP contribution in [0.15, 0.2) is 27.8 Å². The van der Waals surface area contributed by atoms with Crippen molar-refractivity contribution < 1.29 is 33.7 Å². The van der Waals surface area contributed by atoms with Crippen LogP contribution in [0.1, 0.15) is 40.8 Å². The summed E-state index contributed by atoms with van der Waals surface area (Å²) in [7, 11) is 1.36. The molecule has 2 heterocycles. The molecule has 11 nitrogen and oxygen atoms in total. The van der Waals surface area contributed by atoms with E-state index in [4.69, 9.17) is 15.2 Å². The first kappa shape index (κ1) is 27.0. The van der Waals surface area contributed by atoms with Gasteiger partial charge in [-0.1, -0.05) is 0 Å². The van der Waals surface area contributed by atoms with E-state index < -0.39 is 40.6 Å². The van der Waals surface area contributed by atoms with E-state index in [1.165, 1.54) is 40.0 Å². The molecule has 0 aliphatic carbocycles. The number of carbonyl (C=O) groups is 2. The summed E-state index contributed by atoms with van der Waals surface area (Å²) < 4.78 is 27.0. The predicted molar refractivity (Wildman–Crippen MR) is 129 cm³/mol. The van der Waals surface area contributed by atoms with Crippen LogP contribution in [0.25, 0.3) is 10.2 Å². The average molecular weight is 524 g/mol. The molecule has 3 rings (SSSR count). The van der Waals surface area contributed by atoms with Crippen LogP contribution in [0.5, 0.6) is 5.75 Å². The lowest BCUT2D eigenvalue weighted by Gasteiger charge is -2.26. The number of carbonyl (C=O) groups excluding carboxylic acids is 1. The molecule has 0 fully saturated rings. The van der Waals surface area contributed by atoms with E-state index in [-0.39, 0.29) is 51.7 Å². The highest BCUT2D eigenvalue weighted by atomic mass is 32.1. The summed E-state index contributed by atoms with van der Waals surface area (Å²) in [6.45, 7) is 3.12. The number of aliphatic hydroxyl groups is 1. The fraction of sp³-hybridized carbons (Fsp3) is 0.391. The van der Waals surface area contributed by atoms with Crippen LogP contribution in [0.2, 0.25) is 0 Å². The molecule has 1 amide bonds. The molecule has 0 spiro atoms. The van der Waals surface area contributed by atoms with Crippen molar-refractivity contribution in [3.63, 3.8) is 0 Å². The normalized spacial score (nSPS) is 12.6. The molecular weight excluding hydrogens is 497 g/mol. The molecule has 0 saturated carbocycles. The van der Waals surface area contributed by atoms with Crippen LogP contribution in [0, 0.1) is 12.7 Å². The maximum atomic E-state index is 14.2. The molecule has 0 radical (unpaired) electrons. The highest BCUT2D eigenvalue weighted by molar-refractivity contribution is 7.20. The minimum Gasteiger partial charge on any atom is -0.496 e. The molecule has 0 bridgehead atoms. The van der Waals surface area contributed by atoms with Crippen LogP contribution in [-0.4, -0.2) is 51.5 Å². The van der Waals surface area contributed by atoms with Gasteiger partial charge in [0.2, 0.25) is 5.91 Å². The number of primary amides is 1. The zero-order valence-electron chi connectivity index (χ0n) is 20.0. The first-order valence-electron chi connectivity index (χ1n) is 10.7. The molecule has 4 N–H and O–H groups in total. The quantitative estimate of drug-likeness (QED) is 0.359. The van der Waals surface area contributed by atoms with Crippen molar-refractivity contribution in [2.24, 2.45) is 5.73 Å². The van der Waals surface area contributed by atoms with Crippen LogP contribution in [0.4, 0.5) is 4.39 Å². The van der Waals surface area contributed by atoms with Crippen LogP contribution in [-0.2, 0) is 21.6 Å². The van der Waals surface area contributed by atoms with E-state index in [1.54, 1.807) is 0 Å². The Morgan fingerprint density at radius 3 is 2.50 bits per heavy atom. The number of aryl methyl sites for hydroxylation is 1. The van der Waals surface area contributed by atoms with Crippen molar-refractivity contribution >= 4 is 33.4 Å². The van der Waals surface area contributed by atoms with Gasteiger partial charge in [-0.3, -0.25) is 14.2 Å². The Kier molecular flexibility index (Phi) is 7.67. The molecule has 0 aliphatic heterocycles. The van der Waals surface area contributed by atoms with Gasteiger partial charge in [0.05, 0.1) is 32.3 Å². The molecule has 1 aromatic carbocycles. The monoisotopic (exact) mass is 523 g/mol. The van der Waals surface area contributed by atoms with Gasteiger partial charge in [-0.25, -0.2) is 18.5 Å². The number of rotatable bonds is 10. The van der Waals surface area contributed by atoms with Crippen molar-refractivity contribution in [1.82, 2.24) is 9.13 Å². The van der Waals surface area contributed by atoms with Gasteiger partial charge in [0.1, 0.15) is 32.9 Å². The molecule has 3 aromatic rings. The summed E-state index contributed by atoms with van der Waals surface area (Å²) >= 11 is 0.712. The van der Waals surface area contributed by atoms with Crippen LogP contribution >= 0.6 is 11.3 Å². The van der Waals surface area contributed by atoms with E-state index >= 15 is 0 Å². The number of ether oxygens (including phenoxy) is 2. The van der Waals surface area contributed by atoms with Gasteiger partial charge in [0.25, 0.3) is 5.56 Å². The van der Waals surface area contributed by atoms with E-state index in [0.717, 1.165) is 10.6 Å². The Bertz CT molecular complexity index is 1460. The van der Waals surface area contributed by atoms with Gasteiger partial charge in [-0.15, -0.1) is 11.3 Å². The van der Waals surface area contributed by atoms with Crippen LogP contribution < -0.4 is 21.7 Å². The van der Waals surface area contributed by atoms with Crippen LogP contribution in [0.3, 0.4) is 0 Å². The predicted octanol–water partition coefficient (Wildman–Crippen LogP) is 1.35. The Labute approximate surface area is 208 Å². The van der Waals surface area contributed by atoms with E-state index in [2.05, 4.69) is 0 Å². The van der Waals surface area contributed by atoms with Crippen molar-refractivity contribution in [2.45, 2.75) is 39.0 Å². The molecule has 36 heavy (non-hydrogen) atoms. The number of aromatic carboxylic acids is 1. The molecule has 1 atom stereocenters. The largest absolute Gasteiger partial charge is 0.496 e. The van der Waals surface area contributed by atoms with Gasteiger partial charge in [0, 0.05) is 5.56 Å². The lowest BCUT2D eigenvalue weighted by molar-refractivity contribution is -0.125. The number of halogens is 1. The fourth-order valence-corrected chi connectivity index (χ4v) is 5.01. The van der Waals surface area contributed by atoms with Crippen molar-refractivity contribution in [3.05, 3.63) is 60.9 Å². The number of benzene rings is 1. The maximum Gasteiger partial charge on any atom is 0.346 e. The minimum absolute atomic E-state index is 0.0318. The third kappa shape index (κ3) is 4.64. The average Bonchev–Trinajstić information content (AvgIpc) is 3.16. The Balaban J connectivity index is 2.40. The van der Waals surface area contributed by atoms with Gasteiger partial charge in [-0.2, -0.15) is 0 Å². The summed E-state index contributed by atoms with van der Waals surface area (Å²) in [5.41, 5.74) is 2.24. The van der Waals surface area contributed by atoms with E-state index in [0.29, 0.717) is 15.9 Å². The van der Waals surface area contributed by atoms with Gasteiger partial charge in [-0.05, 0) is 44.5 Å². The van der Waals surface area contributed by atoms with Gasteiger partial charge >= 0.3 is 11.7 Å². The lowest BCUT2D eigenvalue weighted by Crippen LogP contribution is -2.54. The third-order valence-electron chi connectivity index (χ3n) is 5.87. The number of hydrogen-bond acceptors (Lipinski definition) is 8. The molecule has 194 valence electrons. The van der Waals surface area contributed by atoms with Gasteiger partial charge in [0.15, 0.2) is 0 Å². The second-order valence-corrected chi connectivity index (χ2v) is 9.47. The number of carboxylic acid groups (broad SMARTS) is 1. The number of aromatic nitrogens is 2. The summed E-state index contributed by atoms with van der Waals surface area (Å²) in [4.78, 5) is 51.0. The van der Waals surface area contributed by atoms with E-state index in [1.807, 2.05) is 0 Å². The number of nitrogens with zero attached hydrogens (tertiary/aromatic N) is 2. The number of nitrogens with two attached hydrogens (primary N) is 1. The first-order chi connectivity index (χ1) is 16.9. The maximum absolute atomic E-state index is 14.2. The van der Waals surface area contributed by atoms with Gasteiger partial charge < -0.3 is 25.4 Å². The standard InChI is InChI=1S/C23H26FN3O8S/c1-11-16-18(29)27(23(2,3)21(25)32)22(33)26(19(16)36-17(11)20(30)31)10-15(35-8-7-28)13-9-12(24)5-6-14(13)34-4/h5-6,9,15,28H,7-8,10H2,1-4H3,(H2,25,32)(H,30,31). The lowest BCUT2D eigenvalue weighted by atomic mass is 10.0. The minimum atomic E-state index is -1.76. The molecule has 0 saturated heterocycles. The molecule has 2 aromatic heterocycles. The number of hydrogen-bond donors (Lipinski definition) is 3. The zero-order chi connectivity index (χ0) is 26.9. The van der Waals surface area contributed by atoms with Crippen molar-refractivity contribution in [2.75, 3.05) is 20.3 Å². The second kappa shape index (κ2) is 10.2.